The molecule has 1 fully saturated rings. The van der Waals surface area contributed by atoms with Gasteiger partial charge in [-0.05, 0) is 30.7 Å². The molecule has 0 aliphatic carbocycles. The van der Waals surface area contributed by atoms with Crippen molar-refractivity contribution in [3.05, 3.63) is 57.6 Å². The molecule has 0 amide bonds. The largest absolute Gasteiger partial charge is 0.496 e. The Hall–Kier alpha value is -2.05. The lowest BCUT2D eigenvalue weighted by atomic mass is 9.80. The second-order valence-electron chi connectivity index (χ2n) is 6.51. The van der Waals surface area contributed by atoms with Gasteiger partial charge in [-0.15, -0.1) is 0 Å². The van der Waals surface area contributed by atoms with Gasteiger partial charge in [-0.3, -0.25) is 0 Å². The number of methoxy groups -OCH3 is 2. The van der Waals surface area contributed by atoms with Crippen molar-refractivity contribution < 1.29 is 19.0 Å². The first kappa shape index (κ1) is 17.4. The second-order valence-corrected chi connectivity index (χ2v) is 7.43. The summed E-state index contributed by atoms with van der Waals surface area (Å²) >= 11 is 3.56. The monoisotopic (exact) mass is 417 g/mol. The van der Waals surface area contributed by atoms with Crippen LogP contribution < -0.4 is 10.1 Å². The van der Waals surface area contributed by atoms with Gasteiger partial charge in [0.25, 0.3) is 0 Å². The molecule has 0 unspecified atom stereocenters. The number of halogens is 1. The Morgan fingerprint density at radius 1 is 1.23 bits per heavy atom. The number of carbonyl (C=O) groups excluding carboxylic acids is 1. The maximum absolute atomic E-state index is 12.3. The molecule has 2 heterocycles. The molecule has 5 nitrogen and oxygen atoms in total. The fourth-order valence-electron chi connectivity index (χ4n) is 4.04. The normalized spacial score (nSPS) is 23.6. The van der Waals surface area contributed by atoms with Crippen LogP contribution in [0.2, 0.25) is 0 Å². The number of fused-ring (bicyclic) bond motifs is 3. The summed E-state index contributed by atoms with van der Waals surface area (Å²) < 4.78 is 17.6. The third-order valence-electron chi connectivity index (χ3n) is 5.20. The van der Waals surface area contributed by atoms with Crippen molar-refractivity contribution in [2.75, 3.05) is 26.1 Å². The topological polar surface area (TPSA) is 56.8 Å². The fraction of sp³-hybridized carbons (Fsp3) is 0.350. The Morgan fingerprint density at radius 2 is 2.08 bits per heavy atom. The summed E-state index contributed by atoms with van der Waals surface area (Å²) in [5.74, 6) is 0.722. The molecule has 2 aliphatic heterocycles. The number of ether oxygens (including phenoxy) is 3. The number of esters is 1. The van der Waals surface area contributed by atoms with Gasteiger partial charge in [-0.25, -0.2) is 4.79 Å². The van der Waals surface area contributed by atoms with Crippen LogP contribution in [0, 0.1) is 5.92 Å². The molecule has 6 heteroatoms. The third kappa shape index (κ3) is 2.77. The molecular weight excluding hydrogens is 398 g/mol. The quantitative estimate of drug-likeness (QED) is 0.745. The van der Waals surface area contributed by atoms with Gasteiger partial charge in [0.15, 0.2) is 0 Å². The van der Waals surface area contributed by atoms with Crippen LogP contribution in [0.15, 0.2) is 40.9 Å². The zero-order valence-electron chi connectivity index (χ0n) is 14.6. The van der Waals surface area contributed by atoms with E-state index in [0.29, 0.717) is 12.2 Å². The zero-order valence-corrected chi connectivity index (χ0v) is 16.2. The van der Waals surface area contributed by atoms with Gasteiger partial charge in [0, 0.05) is 28.1 Å². The first-order chi connectivity index (χ1) is 12.6. The average molecular weight is 418 g/mol. The number of nitrogens with one attached hydrogen (secondary N) is 1. The van der Waals surface area contributed by atoms with E-state index in [0.717, 1.165) is 33.5 Å². The molecule has 2 aromatic carbocycles. The Balaban J connectivity index is 1.85. The summed E-state index contributed by atoms with van der Waals surface area (Å²) in [6, 6.07) is 11.6. The van der Waals surface area contributed by atoms with E-state index < -0.39 is 0 Å². The van der Waals surface area contributed by atoms with E-state index >= 15 is 0 Å². The average Bonchev–Trinajstić information content (AvgIpc) is 3.16. The van der Waals surface area contributed by atoms with Gasteiger partial charge < -0.3 is 19.5 Å². The molecule has 1 saturated heterocycles. The minimum absolute atomic E-state index is 0.0201. The van der Waals surface area contributed by atoms with Crippen molar-refractivity contribution in [2.24, 2.45) is 5.92 Å². The van der Waals surface area contributed by atoms with Crippen LogP contribution in [0.25, 0.3) is 0 Å². The van der Waals surface area contributed by atoms with E-state index in [4.69, 9.17) is 14.2 Å². The van der Waals surface area contributed by atoms with Crippen LogP contribution in [-0.4, -0.2) is 26.8 Å². The van der Waals surface area contributed by atoms with Crippen molar-refractivity contribution >= 4 is 27.6 Å². The predicted octanol–water partition coefficient (Wildman–Crippen LogP) is 4.49. The number of rotatable bonds is 3. The molecule has 0 spiro atoms. The number of carbonyl (C=O) groups is 1. The van der Waals surface area contributed by atoms with Gasteiger partial charge >= 0.3 is 5.97 Å². The van der Waals surface area contributed by atoms with E-state index in [1.54, 1.807) is 13.2 Å². The van der Waals surface area contributed by atoms with E-state index in [-0.39, 0.29) is 24.0 Å². The van der Waals surface area contributed by atoms with Gasteiger partial charge in [0.2, 0.25) is 0 Å². The van der Waals surface area contributed by atoms with E-state index in [2.05, 4.69) is 27.3 Å². The number of para-hydroxylation sites is 1. The lowest BCUT2D eigenvalue weighted by molar-refractivity contribution is 0.0598. The molecule has 3 atom stereocenters. The Kier molecular flexibility index (Phi) is 4.63. The maximum Gasteiger partial charge on any atom is 0.339 e. The minimum Gasteiger partial charge on any atom is -0.496 e. The lowest BCUT2D eigenvalue weighted by Gasteiger charge is -2.37. The van der Waals surface area contributed by atoms with E-state index in [9.17, 15) is 4.79 Å². The summed E-state index contributed by atoms with van der Waals surface area (Å²) in [4.78, 5) is 12.3. The summed E-state index contributed by atoms with van der Waals surface area (Å²) in [6.45, 7) is 0.700. The molecule has 0 saturated carbocycles. The molecule has 2 aliphatic rings. The van der Waals surface area contributed by atoms with Crippen LogP contribution in [0.4, 0.5) is 5.69 Å². The summed E-state index contributed by atoms with van der Waals surface area (Å²) in [5, 5.41) is 3.59. The highest BCUT2D eigenvalue weighted by atomic mass is 79.9. The van der Waals surface area contributed by atoms with Crippen molar-refractivity contribution in [1.82, 2.24) is 0 Å². The highest BCUT2D eigenvalue weighted by Gasteiger charge is 2.43. The molecule has 0 aromatic heterocycles. The highest BCUT2D eigenvalue weighted by molar-refractivity contribution is 9.10. The van der Waals surface area contributed by atoms with Crippen molar-refractivity contribution in [3.63, 3.8) is 0 Å². The number of benzene rings is 2. The first-order valence-electron chi connectivity index (χ1n) is 8.57. The number of hydrogen-bond acceptors (Lipinski definition) is 5. The van der Waals surface area contributed by atoms with Crippen LogP contribution in [0.5, 0.6) is 5.75 Å². The van der Waals surface area contributed by atoms with Gasteiger partial charge in [-0.2, -0.15) is 0 Å². The van der Waals surface area contributed by atoms with Crippen LogP contribution in [0.1, 0.15) is 40.1 Å². The molecule has 1 N–H and O–H groups in total. The third-order valence-corrected chi connectivity index (χ3v) is 5.69. The smallest absolute Gasteiger partial charge is 0.339 e. The number of anilines is 1. The zero-order chi connectivity index (χ0) is 18.3. The fourth-order valence-corrected chi connectivity index (χ4v) is 4.41. The van der Waals surface area contributed by atoms with E-state index in [1.165, 1.54) is 7.11 Å². The lowest BCUT2D eigenvalue weighted by Crippen LogP contribution is -2.31. The van der Waals surface area contributed by atoms with Crippen LogP contribution >= 0.6 is 15.9 Å². The standard InChI is InChI=1S/C20H20BrNO4/c1-24-16-7-6-11(21)10-15(16)18-13-8-9-26-19(13)12-4-3-5-14(17(12)22-18)20(23)25-2/h3-7,10,13,18-19,22H,8-9H2,1-2H3/t13-,18-,19+/m1/s1. The SMILES string of the molecule is COC(=O)c1cccc2c1N[C@@H](c1cc(Br)ccc1OC)[C@H]1CCO[C@@H]21. The molecule has 0 radical (unpaired) electrons. The molecule has 26 heavy (non-hydrogen) atoms. The molecule has 0 bridgehead atoms. The molecule has 2 aromatic rings. The Bertz CT molecular complexity index is 854. The van der Waals surface area contributed by atoms with Gasteiger partial charge in [0.1, 0.15) is 5.75 Å². The summed E-state index contributed by atoms with van der Waals surface area (Å²) in [7, 11) is 3.07. The molecular formula is C20H20BrNO4. The number of hydrogen-bond donors (Lipinski definition) is 1. The van der Waals surface area contributed by atoms with Gasteiger partial charge in [0.05, 0.1) is 37.6 Å². The summed E-state index contributed by atoms with van der Waals surface area (Å²) in [5.41, 5.74) is 3.38. The maximum atomic E-state index is 12.3. The molecule has 136 valence electrons. The second kappa shape index (κ2) is 6.93. The highest BCUT2D eigenvalue weighted by Crippen LogP contribution is 2.52. The van der Waals surface area contributed by atoms with Crippen molar-refractivity contribution in [1.29, 1.82) is 0 Å². The minimum atomic E-state index is -0.356. The first-order valence-corrected chi connectivity index (χ1v) is 9.36. The molecule has 4 rings (SSSR count). The van der Waals surface area contributed by atoms with Crippen LogP contribution in [0.3, 0.4) is 0 Å². The Labute approximate surface area is 160 Å². The predicted molar refractivity (Wildman–Crippen MR) is 102 cm³/mol. The summed E-state index contributed by atoms with van der Waals surface area (Å²) in [6.07, 6.45) is 0.893. The Morgan fingerprint density at radius 3 is 2.85 bits per heavy atom. The van der Waals surface area contributed by atoms with Gasteiger partial charge in [-0.1, -0.05) is 28.1 Å². The van der Waals surface area contributed by atoms with Crippen molar-refractivity contribution in [2.45, 2.75) is 18.6 Å². The van der Waals surface area contributed by atoms with Crippen molar-refractivity contribution in [3.8, 4) is 5.75 Å². The van der Waals surface area contributed by atoms with Crippen LogP contribution in [-0.2, 0) is 9.47 Å². The van der Waals surface area contributed by atoms with E-state index in [1.807, 2.05) is 24.3 Å².